The molecule has 0 N–H and O–H groups in total. The fourth-order valence-corrected chi connectivity index (χ4v) is 5.05. The second-order valence-electron chi connectivity index (χ2n) is 6.08. The first-order chi connectivity index (χ1) is 8.80. The Bertz CT molecular complexity index is 515. The molecule has 0 nitrogen and oxygen atoms in total. The predicted octanol–water partition coefficient (Wildman–Crippen LogP) is 5.87. The van der Waals surface area contributed by atoms with Crippen molar-refractivity contribution in [1.29, 1.82) is 0 Å². The van der Waals surface area contributed by atoms with Gasteiger partial charge in [-0.05, 0) is 40.1 Å². The molecule has 1 fully saturated rings. The molecule has 1 aliphatic rings. The van der Waals surface area contributed by atoms with Crippen LogP contribution in [0.4, 0.5) is 0 Å². The van der Waals surface area contributed by atoms with E-state index in [2.05, 4.69) is 37.0 Å². The Kier molecular flexibility index (Phi) is 3.48. The summed E-state index contributed by atoms with van der Waals surface area (Å²) in [5.41, 5.74) is 0.474. The molecule has 0 aliphatic heterocycles. The zero-order valence-electron chi connectivity index (χ0n) is 11.3. The zero-order valence-corrected chi connectivity index (χ0v) is 12.3. The van der Waals surface area contributed by atoms with Gasteiger partial charge in [-0.25, -0.2) is 0 Å². The van der Waals surface area contributed by atoms with E-state index in [9.17, 15) is 0 Å². The maximum Gasteiger partial charge on any atom is -0.00342 e. The van der Waals surface area contributed by atoms with Crippen LogP contribution < -0.4 is 0 Å². The predicted molar refractivity (Wildman–Crippen MR) is 83.1 cm³/mol. The largest absolute Gasteiger partial charge is 0.135 e. The van der Waals surface area contributed by atoms with Gasteiger partial charge < -0.3 is 0 Å². The molecule has 0 spiro atoms. The third-order valence-corrected chi connectivity index (χ3v) is 6.28. The van der Waals surface area contributed by atoms with Crippen molar-refractivity contribution in [1.82, 2.24) is 0 Å². The molecule has 1 aromatic heterocycles. The standard InChI is InChI=1S/C17H23P/c1-17(11-7-3-2-4-8-12-17)16-15-10-6-5-9-14(15)13-18-16/h5-6,9-10,13,18H,2-4,7-8,11-12H2,1H3. The average molecular weight is 258 g/mol. The molecule has 96 valence electrons. The highest BCUT2D eigenvalue weighted by Gasteiger charge is 2.28. The van der Waals surface area contributed by atoms with Crippen LogP contribution in [0, 0.1) is 0 Å². The summed E-state index contributed by atoms with van der Waals surface area (Å²) in [5.74, 6) is 2.45. The maximum absolute atomic E-state index is 2.52. The first-order valence-electron chi connectivity index (χ1n) is 7.36. The fourth-order valence-electron chi connectivity index (χ4n) is 3.51. The summed E-state index contributed by atoms with van der Waals surface area (Å²) in [6.45, 7) is 2.52. The van der Waals surface area contributed by atoms with Crippen LogP contribution in [0.5, 0.6) is 0 Å². The summed E-state index contributed by atoms with van der Waals surface area (Å²) < 4.78 is 0. The number of benzene rings is 1. The Morgan fingerprint density at radius 2 is 1.61 bits per heavy atom. The molecule has 1 unspecified atom stereocenters. The lowest BCUT2D eigenvalue weighted by molar-refractivity contribution is 0.348. The van der Waals surface area contributed by atoms with Crippen molar-refractivity contribution in [2.24, 2.45) is 0 Å². The quantitative estimate of drug-likeness (QED) is 0.599. The van der Waals surface area contributed by atoms with E-state index in [0.29, 0.717) is 5.41 Å². The van der Waals surface area contributed by atoms with Crippen molar-refractivity contribution in [3.8, 4) is 0 Å². The maximum atomic E-state index is 2.52. The minimum atomic E-state index is 0.474. The smallest absolute Gasteiger partial charge is 0.00342 e. The lowest BCUT2D eigenvalue weighted by Gasteiger charge is -2.32. The van der Waals surface area contributed by atoms with E-state index in [1.54, 1.807) is 10.7 Å². The van der Waals surface area contributed by atoms with E-state index in [0.717, 1.165) is 8.19 Å². The number of fused-ring (bicyclic) bond motifs is 1. The SMILES string of the molecule is CC1(c2[pH]cc3ccccc23)CCCCCCC1. The molecular formula is C17H23P. The van der Waals surface area contributed by atoms with Crippen molar-refractivity contribution < 1.29 is 0 Å². The molecule has 1 atom stereocenters. The molecule has 1 aromatic carbocycles. The van der Waals surface area contributed by atoms with Crippen LogP contribution in [0.15, 0.2) is 30.1 Å². The van der Waals surface area contributed by atoms with Gasteiger partial charge in [-0.15, -0.1) is 8.19 Å². The van der Waals surface area contributed by atoms with E-state index in [4.69, 9.17) is 0 Å². The van der Waals surface area contributed by atoms with E-state index >= 15 is 0 Å². The molecule has 18 heavy (non-hydrogen) atoms. The molecule has 2 aromatic rings. The highest BCUT2D eigenvalue weighted by atomic mass is 31.0. The third kappa shape index (κ3) is 2.24. The molecule has 0 radical (unpaired) electrons. The highest BCUT2D eigenvalue weighted by Crippen LogP contribution is 2.45. The second kappa shape index (κ2) is 5.10. The highest BCUT2D eigenvalue weighted by molar-refractivity contribution is 7.31. The van der Waals surface area contributed by atoms with Crippen molar-refractivity contribution in [2.45, 2.75) is 57.3 Å². The van der Waals surface area contributed by atoms with Crippen molar-refractivity contribution in [3.05, 3.63) is 35.4 Å². The van der Waals surface area contributed by atoms with Gasteiger partial charge in [0.05, 0.1) is 0 Å². The monoisotopic (exact) mass is 258 g/mol. The molecule has 1 saturated carbocycles. The molecule has 0 saturated heterocycles. The average Bonchev–Trinajstić information content (AvgIpc) is 2.79. The molecule has 0 bridgehead atoms. The summed E-state index contributed by atoms with van der Waals surface area (Å²) in [4.78, 5) is 0. The molecule has 1 heteroatoms. The molecular weight excluding hydrogens is 235 g/mol. The van der Waals surface area contributed by atoms with Gasteiger partial charge in [0, 0.05) is 0 Å². The van der Waals surface area contributed by atoms with Gasteiger partial charge in [0.2, 0.25) is 0 Å². The van der Waals surface area contributed by atoms with Crippen molar-refractivity contribution in [2.75, 3.05) is 0 Å². The molecule has 0 amide bonds. The number of rotatable bonds is 1. The summed E-state index contributed by atoms with van der Waals surface area (Å²) in [6, 6.07) is 8.99. The summed E-state index contributed by atoms with van der Waals surface area (Å²) in [7, 11) is 0.926. The van der Waals surface area contributed by atoms with Gasteiger partial charge in [-0.1, -0.05) is 63.3 Å². The lowest BCUT2D eigenvalue weighted by Crippen LogP contribution is -2.21. The minimum Gasteiger partial charge on any atom is -0.135 e. The number of hydrogen-bond donors (Lipinski definition) is 0. The van der Waals surface area contributed by atoms with Crippen LogP contribution in [0.25, 0.3) is 10.8 Å². The lowest BCUT2D eigenvalue weighted by atomic mass is 9.76. The van der Waals surface area contributed by atoms with E-state index in [1.165, 1.54) is 50.3 Å². The second-order valence-corrected chi connectivity index (χ2v) is 7.16. The Labute approximate surface area is 112 Å². The van der Waals surface area contributed by atoms with Gasteiger partial charge >= 0.3 is 0 Å². The van der Waals surface area contributed by atoms with E-state index in [-0.39, 0.29) is 0 Å². The fraction of sp³-hybridized carbons (Fsp3) is 0.529. The first-order valence-corrected chi connectivity index (χ1v) is 8.44. The molecule has 3 rings (SSSR count). The first kappa shape index (κ1) is 12.3. The van der Waals surface area contributed by atoms with Crippen LogP contribution in [0.3, 0.4) is 0 Å². The minimum absolute atomic E-state index is 0.474. The van der Waals surface area contributed by atoms with Gasteiger partial charge in [0.1, 0.15) is 0 Å². The van der Waals surface area contributed by atoms with E-state index < -0.39 is 0 Å². The summed E-state index contributed by atoms with van der Waals surface area (Å²) in [6.07, 6.45) is 9.99. The number of hydrogen-bond acceptors (Lipinski definition) is 0. The normalized spacial score (nSPS) is 20.9. The third-order valence-electron chi connectivity index (χ3n) is 4.66. The Hall–Kier alpha value is -0.740. The Morgan fingerprint density at radius 1 is 0.944 bits per heavy atom. The van der Waals surface area contributed by atoms with Crippen LogP contribution in [0.2, 0.25) is 0 Å². The topological polar surface area (TPSA) is 0 Å². The van der Waals surface area contributed by atoms with Crippen LogP contribution in [0.1, 0.15) is 57.2 Å². The zero-order chi connectivity index (χ0) is 12.4. The van der Waals surface area contributed by atoms with Gasteiger partial charge in [0.15, 0.2) is 0 Å². The molecule has 1 heterocycles. The van der Waals surface area contributed by atoms with Crippen LogP contribution >= 0.6 is 8.19 Å². The van der Waals surface area contributed by atoms with Crippen LogP contribution in [-0.2, 0) is 5.41 Å². The van der Waals surface area contributed by atoms with Crippen molar-refractivity contribution in [3.63, 3.8) is 0 Å². The molecule has 1 aliphatic carbocycles. The summed E-state index contributed by atoms with van der Waals surface area (Å²) in [5, 5.41) is 4.79. The van der Waals surface area contributed by atoms with Gasteiger partial charge in [-0.3, -0.25) is 0 Å². The Morgan fingerprint density at radius 3 is 2.39 bits per heavy atom. The summed E-state index contributed by atoms with van der Waals surface area (Å²) >= 11 is 0. The van der Waals surface area contributed by atoms with Gasteiger partial charge in [-0.2, -0.15) is 0 Å². The van der Waals surface area contributed by atoms with Gasteiger partial charge in [0.25, 0.3) is 0 Å². The van der Waals surface area contributed by atoms with Crippen molar-refractivity contribution >= 4 is 19.0 Å². The van der Waals surface area contributed by atoms with Crippen LogP contribution in [-0.4, -0.2) is 0 Å². The van der Waals surface area contributed by atoms with E-state index in [1.807, 2.05) is 0 Å². The Balaban J connectivity index is 2.00.